The number of halogens is 5. The second kappa shape index (κ2) is 6.48. The first-order valence-corrected chi connectivity index (χ1v) is 7.16. The molecule has 1 aromatic heterocycles. The Labute approximate surface area is 143 Å². The highest BCUT2D eigenvalue weighted by molar-refractivity contribution is 6.57. The molecule has 0 aliphatic carbocycles. The molecule has 11 heteroatoms. The van der Waals surface area contributed by atoms with Crippen LogP contribution < -0.4 is 5.69 Å². The van der Waals surface area contributed by atoms with E-state index >= 15 is 0 Å². The van der Waals surface area contributed by atoms with Crippen molar-refractivity contribution in [1.82, 2.24) is 14.3 Å². The number of hydrogen-bond donors (Lipinski definition) is 1. The molecular weight excluding hydrogens is 374 g/mol. The van der Waals surface area contributed by atoms with Gasteiger partial charge in [0.15, 0.2) is 0 Å². The van der Waals surface area contributed by atoms with E-state index in [1.165, 1.54) is 13.0 Å². The lowest BCUT2D eigenvalue weighted by atomic mass is 10.1. The topological polar surface area (TPSA) is 77.1 Å². The van der Waals surface area contributed by atoms with Gasteiger partial charge in [-0.05, 0) is 24.6 Å². The van der Waals surface area contributed by atoms with Crippen LogP contribution in [0.15, 0.2) is 23.0 Å². The molecule has 0 fully saturated rings. The SMILES string of the molecule is Cc1nn(-c2cc(CC(Cl)(Cl)C(=O)O)ccc2F)c(=O)n1C(F)F. The second-order valence-electron chi connectivity index (χ2n) is 4.86. The van der Waals surface area contributed by atoms with Gasteiger partial charge in [0.1, 0.15) is 17.3 Å². The van der Waals surface area contributed by atoms with E-state index in [4.69, 9.17) is 28.3 Å². The van der Waals surface area contributed by atoms with Crippen molar-refractivity contribution >= 4 is 29.2 Å². The Bertz CT molecular complexity index is 849. The van der Waals surface area contributed by atoms with E-state index in [9.17, 15) is 22.8 Å². The number of nitrogens with zero attached hydrogens (tertiary/aromatic N) is 3. The van der Waals surface area contributed by atoms with Crippen molar-refractivity contribution in [3.05, 3.63) is 45.9 Å². The zero-order valence-electron chi connectivity index (χ0n) is 12.0. The van der Waals surface area contributed by atoms with Crippen molar-refractivity contribution in [2.45, 2.75) is 24.2 Å². The fourth-order valence-corrected chi connectivity index (χ4v) is 2.33. The van der Waals surface area contributed by atoms with Gasteiger partial charge in [-0.1, -0.05) is 29.3 Å². The van der Waals surface area contributed by atoms with E-state index in [2.05, 4.69) is 5.10 Å². The van der Waals surface area contributed by atoms with Gasteiger partial charge in [-0.3, -0.25) is 0 Å². The third kappa shape index (κ3) is 3.41. The largest absolute Gasteiger partial charge is 0.479 e. The first kappa shape index (κ1) is 18.3. The molecule has 0 aliphatic heterocycles. The molecule has 0 spiro atoms. The Balaban J connectivity index is 2.53. The van der Waals surface area contributed by atoms with Crippen LogP contribution >= 0.6 is 23.2 Å². The van der Waals surface area contributed by atoms with Crippen LogP contribution in [0, 0.1) is 12.7 Å². The number of aliphatic carboxylic acids is 1. The fourth-order valence-electron chi connectivity index (χ4n) is 2.02. The van der Waals surface area contributed by atoms with Gasteiger partial charge in [0.05, 0.1) is 0 Å². The summed E-state index contributed by atoms with van der Waals surface area (Å²) in [5.74, 6) is -2.73. The highest BCUT2D eigenvalue weighted by atomic mass is 35.5. The van der Waals surface area contributed by atoms with Crippen molar-refractivity contribution in [3.8, 4) is 5.69 Å². The third-order valence-corrected chi connectivity index (χ3v) is 3.74. The summed E-state index contributed by atoms with van der Waals surface area (Å²) >= 11 is 11.3. The maximum Gasteiger partial charge on any atom is 0.355 e. The summed E-state index contributed by atoms with van der Waals surface area (Å²) in [7, 11) is 0. The first-order valence-electron chi connectivity index (χ1n) is 6.41. The molecular formula is C13H10Cl2F3N3O3. The predicted octanol–water partition coefficient (Wildman–Crippen LogP) is 2.68. The number of rotatable bonds is 5. The molecule has 0 aliphatic rings. The summed E-state index contributed by atoms with van der Waals surface area (Å²) in [4.78, 5) is 22.9. The van der Waals surface area contributed by atoms with Crippen LogP contribution in [0.4, 0.5) is 13.2 Å². The minimum Gasteiger partial charge on any atom is -0.479 e. The predicted molar refractivity (Wildman–Crippen MR) is 79.5 cm³/mol. The summed E-state index contributed by atoms with van der Waals surface area (Å²) < 4.78 is 38.0. The van der Waals surface area contributed by atoms with Crippen molar-refractivity contribution in [1.29, 1.82) is 0 Å². The minimum absolute atomic E-state index is 0.0940. The monoisotopic (exact) mass is 383 g/mol. The van der Waals surface area contributed by atoms with Gasteiger partial charge in [0.25, 0.3) is 0 Å². The number of carbonyl (C=O) groups is 1. The maximum atomic E-state index is 14.0. The zero-order chi connectivity index (χ0) is 18.2. The maximum absolute atomic E-state index is 14.0. The van der Waals surface area contributed by atoms with E-state index < -0.39 is 40.5 Å². The Morgan fingerprint density at radius 1 is 1.42 bits per heavy atom. The van der Waals surface area contributed by atoms with Gasteiger partial charge in [-0.15, -0.1) is 5.10 Å². The molecule has 0 atom stereocenters. The van der Waals surface area contributed by atoms with Crippen LogP contribution in [-0.4, -0.2) is 29.8 Å². The van der Waals surface area contributed by atoms with Crippen molar-refractivity contribution in [2.75, 3.05) is 0 Å². The third-order valence-electron chi connectivity index (χ3n) is 3.15. The van der Waals surface area contributed by atoms with Gasteiger partial charge in [0, 0.05) is 6.42 Å². The Morgan fingerprint density at radius 3 is 2.54 bits per heavy atom. The number of aryl methyl sites for hydroxylation is 1. The number of carboxylic acid groups (broad SMARTS) is 1. The smallest absolute Gasteiger partial charge is 0.355 e. The molecule has 2 aromatic rings. The molecule has 24 heavy (non-hydrogen) atoms. The molecule has 0 saturated carbocycles. The summed E-state index contributed by atoms with van der Waals surface area (Å²) in [5, 5.41) is 12.5. The van der Waals surface area contributed by atoms with E-state index in [0.717, 1.165) is 12.1 Å². The van der Waals surface area contributed by atoms with E-state index in [1.807, 2.05) is 0 Å². The summed E-state index contributed by atoms with van der Waals surface area (Å²) in [6.45, 7) is -1.97. The van der Waals surface area contributed by atoms with E-state index in [0.29, 0.717) is 4.68 Å². The number of benzene rings is 1. The lowest BCUT2D eigenvalue weighted by Crippen LogP contribution is -2.28. The van der Waals surface area contributed by atoms with Crippen molar-refractivity contribution in [3.63, 3.8) is 0 Å². The average Bonchev–Trinajstić information content (AvgIpc) is 2.75. The van der Waals surface area contributed by atoms with Crippen LogP contribution in [0.25, 0.3) is 5.69 Å². The quantitative estimate of drug-likeness (QED) is 0.805. The van der Waals surface area contributed by atoms with Crippen LogP contribution in [0.3, 0.4) is 0 Å². The standard InChI is InChI=1S/C13H10Cl2F3N3O3/c1-6-19-21(12(24)20(6)11(17)18)9-4-7(2-3-8(9)16)5-13(14,15)10(22)23/h2-4,11H,5H2,1H3,(H,22,23). The normalized spacial score (nSPS) is 12.0. The Kier molecular flexibility index (Phi) is 4.95. The van der Waals surface area contributed by atoms with Gasteiger partial charge in [-0.2, -0.15) is 13.5 Å². The average molecular weight is 384 g/mol. The van der Waals surface area contributed by atoms with Crippen LogP contribution in [0.2, 0.25) is 0 Å². The molecule has 0 saturated heterocycles. The number of hydrogen-bond acceptors (Lipinski definition) is 3. The van der Waals surface area contributed by atoms with Crippen LogP contribution in [0.1, 0.15) is 17.9 Å². The lowest BCUT2D eigenvalue weighted by molar-refractivity contribution is -0.137. The van der Waals surface area contributed by atoms with Crippen molar-refractivity contribution < 1.29 is 23.1 Å². The van der Waals surface area contributed by atoms with Gasteiger partial charge in [-0.25, -0.2) is 18.5 Å². The zero-order valence-corrected chi connectivity index (χ0v) is 13.5. The molecule has 6 nitrogen and oxygen atoms in total. The molecule has 1 N–H and O–H groups in total. The fraction of sp³-hybridized carbons (Fsp3) is 0.308. The number of aromatic nitrogens is 3. The molecule has 1 heterocycles. The summed E-state index contributed by atoms with van der Waals surface area (Å²) in [5.41, 5.74) is -1.48. The lowest BCUT2D eigenvalue weighted by Gasteiger charge is -2.14. The second-order valence-corrected chi connectivity index (χ2v) is 6.35. The summed E-state index contributed by atoms with van der Waals surface area (Å²) in [6, 6.07) is 3.21. The number of alkyl halides is 4. The highest BCUT2D eigenvalue weighted by Gasteiger charge is 2.34. The highest BCUT2D eigenvalue weighted by Crippen LogP contribution is 2.27. The molecule has 0 radical (unpaired) electrons. The molecule has 0 bridgehead atoms. The Morgan fingerprint density at radius 2 is 2.04 bits per heavy atom. The van der Waals surface area contributed by atoms with E-state index in [-0.39, 0.29) is 16.0 Å². The first-order chi connectivity index (χ1) is 11.0. The van der Waals surface area contributed by atoms with E-state index in [1.54, 1.807) is 0 Å². The number of carboxylic acids is 1. The molecule has 2 rings (SSSR count). The molecule has 0 unspecified atom stereocenters. The molecule has 0 amide bonds. The van der Waals surface area contributed by atoms with Gasteiger partial charge in [0.2, 0.25) is 4.33 Å². The summed E-state index contributed by atoms with van der Waals surface area (Å²) in [6.07, 6.45) is -0.401. The molecule has 1 aromatic carbocycles. The van der Waals surface area contributed by atoms with Gasteiger partial charge < -0.3 is 5.11 Å². The molecule has 130 valence electrons. The Hall–Kier alpha value is -2.00. The van der Waals surface area contributed by atoms with Crippen LogP contribution in [0.5, 0.6) is 0 Å². The van der Waals surface area contributed by atoms with Gasteiger partial charge >= 0.3 is 18.2 Å². The minimum atomic E-state index is -3.14. The van der Waals surface area contributed by atoms with Crippen LogP contribution in [-0.2, 0) is 11.2 Å². The van der Waals surface area contributed by atoms with Crippen molar-refractivity contribution in [2.24, 2.45) is 0 Å².